The predicted octanol–water partition coefficient (Wildman–Crippen LogP) is 15.5. The SMILES string of the molecule is C(=N\Nc1cccc(-c2cccc(N/N=C/c3ccccn3)n2)n1)/c1ccccn1.C(=N\Nc1cccc(-c2cccc(N/N=C/c3ccccn3)n2)n1)/c1ccccn1.CC#N.CC#N.CC#N.CC#N.II.II.II.II.II.II.I[I-]I.I[I-]I.I[I-]I.I[I-]I.[Ni+2].[Ni+2]. The third-order valence-electron chi connectivity index (χ3n) is 7.78. The molecule has 0 aliphatic heterocycles. The van der Waals surface area contributed by atoms with Gasteiger partial charge in [-0.05, 0) is 97.1 Å². The van der Waals surface area contributed by atoms with E-state index in [9.17, 15) is 0 Å². The Labute approximate surface area is 855 Å². The van der Waals surface area contributed by atoms with Crippen molar-refractivity contribution in [3.8, 4) is 47.1 Å². The number of hydrogen-bond acceptors (Lipinski definition) is 20. The molecular weight excluding hydrogens is 4070 g/mol. The molecule has 0 radical (unpaired) electrons. The van der Waals surface area contributed by atoms with E-state index in [0.717, 1.165) is 22.8 Å². The Morgan fingerprint density at radius 2 is 0.449 bits per heavy atom. The monoisotopic (exact) mass is 4110 g/mol. The minimum absolute atomic E-state index is 0. The summed E-state index contributed by atoms with van der Waals surface area (Å²) in [6.45, 7) is 5.72. The molecule has 0 aliphatic rings. The molecule has 0 fully saturated rings. The van der Waals surface area contributed by atoms with Gasteiger partial charge in [-0.25, -0.2) is 19.9 Å². The Morgan fingerprint density at radius 3 is 0.582 bits per heavy atom. The molecule has 544 valence electrons. The number of nitrogens with zero attached hydrogens (tertiary/aromatic N) is 16. The fourth-order valence-corrected chi connectivity index (χ4v) is 5.03. The Kier molecular flexibility index (Phi) is 146. The molecule has 0 unspecified atom stereocenters. The van der Waals surface area contributed by atoms with Crippen molar-refractivity contribution in [1.82, 2.24) is 39.9 Å². The van der Waals surface area contributed by atoms with Gasteiger partial charge in [-0.3, -0.25) is 41.6 Å². The van der Waals surface area contributed by atoms with Gasteiger partial charge in [-0.1, -0.05) is 48.5 Å². The van der Waals surface area contributed by atoms with Crippen molar-refractivity contribution in [2.24, 2.45) is 20.4 Å². The van der Waals surface area contributed by atoms with Gasteiger partial charge in [0.15, 0.2) is 0 Å². The van der Waals surface area contributed by atoms with Crippen molar-refractivity contribution in [2.45, 2.75) is 27.7 Å². The van der Waals surface area contributed by atoms with Crippen molar-refractivity contribution >= 4 is 420 Å². The van der Waals surface area contributed by atoms with Gasteiger partial charge in [-0.15, -0.1) is 0 Å². The number of hydrazone groups is 4. The summed E-state index contributed by atoms with van der Waals surface area (Å²) < 4.78 is 0. The molecule has 8 heterocycles. The molecule has 8 aromatic rings. The van der Waals surface area contributed by atoms with E-state index in [1.165, 1.54) is 27.7 Å². The first kappa shape index (κ1) is 126. The number of anilines is 4. The van der Waals surface area contributed by atoms with Crippen LogP contribution in [0.1, 0.15) is 50.5 Å². The molecule has 0 saturated heterocycles. The van der Waals surface area contributed by atoms with Crippen LogP contribution in [0.15, 0.2) is 191 Å². The van der Waals surface area contributed by atoms with E-state index in [1.807, 2.05) is 146 Å². The average molecular weight is 4120 g/mol. The normalized spacial score (nSPS) is 8.37. The van der Waals surface area contributed by atoms with E-state index in [4.69, 9.17) is 21.0 Å². The molecule has 8 rings (SSSR count). The fourth-order valence-electron chi connectivity index (χ4n) is 5.03. The number of aromatic nitrogens is 8. The van der Waals surface area contributed by atoms with Crippen molar-refractivity contribution < 1.29 is 86.0 Å². The third kappa shape index (κ3) is 87.5. The van der Waals surface area contributed by atoms with E-state index in [-0.39, 0.29) is 33.0 Å². The molecule has 46 heteroatoms. The number of hydrogen-bond donors (Lipinski definition) is 4. The van der Waals surface area contributed by atoms with E-state index in [1.54, 1.807) is 73.9 Å². The second-order valence-electron chi connectivity index (χ2n) is 13.2. The van der Waals surface area contributed by atoms with Gasteiger partial charge < -0.3 is 0 Å². The summed E-state index contributed by atoms with van der Waals surface area (Å²) in [5.74, 6) is 2.42. The second kappa shape index (κ2) is 113. The maximum absolute atomic E-state index is 7.32. The first-order valence-electron chi connectivity index (χ1n) is 23.3. The topological polar surface area (TPSA) is 296 Å². The number of pyridine rings is 8. The van der Waals surface area contributed by atoms with Gasteiger partial charge >= 0.3 is 235 Å². The summed E-state index contributed by atoms with van der Waals surface area (Å²) in [4.78, 5) is 35.0. The van der Waals surface area contributed by atoms with Crippen LogP contribution in [-0.4, -0.2) is 64.7 Å². The average Bonchev–Trinajstić information content (AvgIpc) is 0.863. The summed E-state index contributed by atoms with van der Waals surface area (Å²) in [6, 6.07) is 51.9. The van der Waals surface area contributed by atoms with Gasteiger partial charge in [0.05, 0.1) is 94.7 Å². The molecule has 20 nitrogen and oxygen atoms in total. The quantitative estimate of drug-likeness (QED) is 0.0340. The van der Waals surface area contributed by atoms with E-state index in [2.05, 4.69) is 454 Å². The third-order valence-corrected chi connectivity index (χ3v) is 7.78. The fraction of sp³-hybridized carbons (Fsp3) is 0.0769. The molecule has 0 bridgehead atoms. The maximum atomic E-state index is 7.32. The van der Waals surface area contributed by atoms with Crippen LogP contribution in [0.4, 0.5) is 23.3 Å². The first-order valence-corrected chi connectivity index (χ1v) is 111. The van der Waals surface area contributed by atoms with Crippen molar-refractivity contribution in [2.75, 3.05) is 21.7 Å². The Hall–Kier alpha value is 7.55. The molecule has 0 amide bonds. The zero-order valence-electron chi connectivity index (χ0n) is 49.3. The number of nitrogens with one attached hydrogen (secondary N) is 4. The van der Waals surface area contributed by atoms with E-state index >= 15 is 0 Å². The van der Waals surface area contributed by atoms with Crippen molar-refractivity contribution in [3.05, 3.63) is 193 Å². The first-order chi connectivity index (χ1) is 47.0. The number of nitriles is 4. The summed E-state index contributed by atoms with van der Waals surface area (Å²) in [7, 11) is 0. The smallest absolute Gasteiger partial charge is 2.00 e. The zero-order valence-corrected chi connectivity index (χ0v) is 103. The largest absolute Gasteiger partial charge is 2.00 e. The summed E-state index contributed by atoms with van der Waals surface area (Å²) in [5.41, 5.74) is 17.5. The van der Waals surface area contributed by atoms with Gasteiger partial charge in [0.25, 0.3) is 0 Å². The van der Waals surface area contributed by atoms with Gasteiger partial charge in [0.2, 0.25) is 0 Å². The number of halogens is 24. The Balaban J connectivity index is -0.000000132. The Morgan fingerprint density at radius 1 is 0.296 bits per heavy atom. The van der Waals surface area contributed by atoms with Crippen LogP contribution in [0.3, 0.4) is 0 Å². The summed E-state index contributed by atoms with van der Waals surface area (Å²) in [5, 5.41) is 46.0. The molecule has 0 aliphatic carbocycles. The van der Waals surface area contributed by atoms with E-state index in [0.29, 0.717) is 99.1 Å². The van der Waals surface area contributed by atoms with Crippen LogP contribution in [-0.2, 0) is 33.0 Å². The standard InChI is InChI=1S/2C22H18N8.4C2H3N.4I3.6I2.2Ni/c2*1-3-13-23-17(7-1)15-25-29-21-11-5-9-19(27-21)20-10-6-12-22(28-20)30-26-16-18-8-2-4-14-24-18;4*1-2-3;4*1-3-2;6*1-2;;/h2*1-16H,(H,27,29)(H,28,30);4*1H3;;;;;;;;;;;;/q;;;;;;4*-1;;;;;;;2*+2/b2*25-15+,26-16+;;;;;;;;;;;;;;;;. The molecular formula is C52H48I24N20Ni2. The van der Waals surface area contributed by atoms with E-state index < -0.39 is 0 Å². The molecule has 0 spiro atoms. The van der Waals surface area contributed by atoms with Gasteiger partial charge in [-0.2, -0.15) is 41.5 Å². The Bertz CT molecular complexity index is 2810. The van der Waals surface area contributed by atoms with Crippen LogP contribution in [0.2, 0.25) is 0 Å². The zero-order chi connectivity index (χ0) is 74.5. The summed E-state index contributed by atoms with van der Waals surface area (Å²) in [6.07, 6.45) is 13.4. The van der Waals surface area contributed by atoms with Crippen molar-refractivity contribution in [3.63, 3.8) is 0 Å². The van der Waals surface area contributed by atoms with Crippen LogP contribution < -0.4 is 74.7 Å². The molecule has 0 saturated carbocycles. The minimum Gasteiger partial charge on any atom is 2.00 e. The molecule has 8 aromatic heterocycles. The van der Waals surface area contributed by atoms with Crippen LogP contribution in [0, 0.1) is 45.3 Å². The van der Waals surface area contributed by atoms with Crippen LogP contribution >= 0.6 is 372 Å². The molecule has 0 atom stereocenters. The molecule has 0 aromatic carbocycles. The van der Waals surface area contributed by atoms with Crippen LogP contribution in [0.25, 0.3) is 22.8 Å². The van der Waals surface area contributed by atoms with Crippen LogP contribution in [0.5, 0.6) is 0 Å². The minimum atomic E-state index is 0. The predicted molar refractivity (Wildman–Crippen MR) is 562 cm³/mol. The maximum Gasteiger partial charge on any atom is 2.00 e. The number of rotatable bonds is 14. The molecule has 98 heavy (non-hydrogen) atoms. The van der Waals surface area contributed by atoms with Gasteiger partial charge in [0.1, 0.15) is 23.3 Å². The second-order valence-corrected chi connectivity index (χ2v) is 78.2. The molecule has 4 N–H and O–H groups in total. The van der Waals surface area contributed by atoms with Gasteiger partial charge in [0, 0.05) is 276 Å². The van der Waals surface area contributed by atoms with Crippen molar-refractivity contribution in [1.29, 1.82) is 21.0 Å². The summed E-state index contributed by atoms with van der Waals surface area (Å²) >= 11 is 46.6.